The second-order valence-electron chi connectivity index (χ2n) is 5.52. The summed E-state index contributed by atoms with van der Waals surface area (Å²) in [6, 6.07) is 10.0. The molecule has 1 atom stereocenters. The molecule has 0 saturated carbocycles. The molecule has 2 aromatic rings. The van der Waals surface area contributed by atoms with E-state index in [-0.39, 0.29) is 29.2 Å². The van der Waals surface area contributed by atoms with Crippen LogP contribution in [0.5, 0.6) is 0 Å². The Labute approximate surface area is 139 Å². The van der Waals surface area contributed by atoms with Gasteiger partial charge in [-0.05, 0) is 31.2 Å². The number of amides is 1. The minimum absolute atomic E-state index is 0.114. The molecule has 0 spiro atoms. The van der Waals surface area contributed by atoms with Gasteiger partial charge >= 0.3 is 0 Å². The van der Waals surface area contributed by atoms with E-state index in [4.69, 9.17) is 4.42 Å². The largest absolute Gasteiger partial charge is 0.469 e. The number of amidine groups is 1. The van der Waals surface area contributed by atoms with Gasteiger partial charge in [-0.15, -0.1) is 0 Å². The summed E-state index contributed by atoms with van der Waals surface area (Å²) in [4.78, 5) is 16.3. The van der Waals surface area contributed by atoms with Gasteiger partial charge in [0.15, 0.2) is 0 Å². The quantitative estimate of drug-likeness (QED) is 0.845. The Morgan fingerprint density at radius 2 is 2.08 bits per heavy atom. The Morgan fingerprint density at radius 3 is 2.83 bits per heavy atom. The van der Waals surface area contributed by atoms with Crippen molar-refractivity contribution in [3.05, 3.63) is 54.0 Å². The lowest BCUT2D eigenvalue weighted by molar-refractivity contribution is -0.120. The van der Waals surface area contributed by atoms with Gasteiger partial charge in [0.05, 0.1) is 11.2 Å². The lowest BCUT2D eigenvalue weighted by Crippen LogP contribution is -2.36. The number of aliphatic imine (C=N–C) groups is 1. The normalized spacial score (nSPS) is 18.0. The van der Waals surface area contributed by atoms with Crippen LogP contribution in [0.3, 0.4) is 0 Å². The summed E-state index contributed by atoms with van der Waals surface area (Å²) in [5.74, 6) is 0.691. The predicted octanol–water partition coefficient (Wildman–Crippen LogP) is 1.07. The van der Waals surface area contributed by atoms with E-state index in [9.17, 15) is 13.2 Å². The Hall–Kier alpha value is -2.61. The number of sulfonamides is 1. The molecule has 0 aliphatic carbocycles. The van der Waals surface area contributed by atoms with Gasteiger partial charge in [0.25, 0.3) is 10.0 Å². The fourth-order valence-electron chi connectivity index (χ4n) is 2.50. The first-order chi connectivity index (χ1) is 11.5. The number of nitrogens with zero attached hydrogens (tertiary/aromatic N) is 1. The molecule has 126 valence electrons. The van der Waals surface area contributed by atoms with Crippen molar-refractivity contribution in [2.24, 2.45) is 4.99 Å². The number of furan rings is 1. The summed E-state index contributed by atoms with van der Waals surface area (Å²) in [6.07, 6.45) is 2.16. The first-order valence-electron chi connectivity index (χ1n) is 7.44. The standard InChI is InChI=1S/C16H17N3O4S/c1-11(9-12-5-4-8-23-12)18-15(20)10-17-16-13-6-2-3-7-14(13)24(21,22)19-16/h2-8,11H,9-10H2,1H3,(H,17,19)(H,18,20). The highest BCUT2D eigenvalue weighted by Gasteiger charge is 2.30. The van der Waals surface area contributed by atoms with Gasteiger partial charge in [0.1, 0.15) is 18.1 Å². The Balaban J connectivity index is 1.63. The van der Waals surface area contributed by atoms with E-state index < -0.39 is 10.0 Å². The maximum atomic E-state index is 12.0. The number of rotatable bonds is 5. The Kier molecular flexibility index (Phi) is 4.39. The van der Waals surface area contributed by atoms with Crippen LogP contribution in [0, 0.1) is 0 Å². The summed E-state index contributed by atoms with van der Waals surface area (Å²) >= 11 is 0. The maximum Gasteiger partial charge on any atom is 0.263 e. The molecule has 0 saturated heterocycles. The highest BCUT2D eigenvalue weighted by atomic mass is 32.2. The second kappa shape index (κ2) is 6.48. The van der Waals surface area contributed by atoms with Gasteiger partial charge < -0.3 is 9.73 Å². The minimum atomic E-state index is -3.58. The van der Waals surface area contributed by atoms with Gasteiger partial charge in [-0.25, -0.2) is 8.42 Å². The van der Waals surface area contributed by atoms with Crippen molar-refractivity contribution in [2.75, 3.05) is 6.54 Å². The molecule has 1 amide bonds. The van der Waals surface area contributed by atoms with Gasteiger partial charge in [0, 0.05) is 18.0 Å². The maximum absolute atomic E-state index is 12.0. The summed E-state index contributed by atoms with van der Waals surface area (Å²) < 4.78 is 31.5. The number of hydrogen-bond acceptors (Lipinski definition) is 5. The molecule has 1 aliphatic rings. The van der Waals surface area contributed by atoms with E-state index in [1.807, 2.05) is 13.0 Å². The molecule has 1 aliphatic heterocycles. The summed E-state index contributed by atoms with van der Waals surface area (Å²) in [5, 5.41) is 2.80. The number of nitrogens with one attached hydrogen (secondary N) is 2. The highest BCUT2D eigenvalue weighted by Crippen LogP contribution is 2.21. The van der Waals surface area contributed by atoms with Crippen LogP contribution in [0.4, 0.5) is 0 Å². The molecule has 0 fully saturated rings. The van der Waals surface area contributed by atoms with Crippen LogP contribution in [-0.4, -0.2) is 32.7 Å². The fraction of sp³-hybridized carbons (Fsp3) is 0.250. The zero-order chi connectivity index (χ0) is 17.2. The van der Waals surface area contributed by atoms with Crippen LogP contribution < -0.4 is 10.0 Å². The highest BCUT2D eigenvalue weighted by molar-refractivity contribution is 7.90. The SMILES string of the molecule is CC(Cc1ccco1)NC(=O)CN=C1NS(=O)(=O)c2ccccc21. The molecule has 7 nitrogen and oxygen atoms in total. The van der Waals surface area contributed by atoms with Gasteiger partial charge in [0.2, 0.25) is 5.91 Å². The molecule has 24 heavy (non-hydrogen) atoms. The molecule has 3 rings (SSSR count). The lowest BCUT2D eigenvalue weighted by Gasteiger charge is -2.11. The molecule has 1 unspecified atom stereocenters. The van der Waals surface area contributed by atoms with Crippen LogP contribution in [0.25, 0.3) is 0 Å². The second-order valence-corrected chi connectivity index (χ2v) is 7.17. The monoisotopic (exact) mass is 347 g/mol. The van der Waals surface area contributed by atoms with Crippen molar-refractivity contribution in [2.45, 2.75) is 24.3 Å². The van der Waals surface area contributed by atoms with E-state index in [1.165, 1.54) is 6.07 Å². The third kappa shape index (κ3) is 3.48. The zero-order valence-corrected chi connectivity index (χ0v) is 13.8. The van der Waals surface area contributed by atoms with Crippen LogP contribution in [0.1, 0.15) is 18.2 Å². The van der Waals surface area contributed by atoms with Crippen LogP contribution in [0.2, 0.25) is 0 Å². The Bertz CT molecular complexity index is 872. The van der Waals surface area contributed by atoms with Crippen LogP contribution in [-0.2, 0) is 21.2 Å². The van der Waals surface area contributed by atoms with E-state index in [2.05, 4.69) is 15.0 Å². The van der Waals surface area contributed by atoms with Crippen molar-refractivity contribution in [3.63, 3.8) is 0 Å². The van der Waals surface area contributed by atoms with Crippen molar-refractivity contribution in [1.29, 1.82) is 0 Å². The number of fused-ring (bicyclic) bond motifs is 1. The van der Waals surface area contributed by atoms with Crippen LogP contribution in [0.15, 0.2) is 57.0 Å². The molecule has 1 aromatic carbocycles. The number of benzene rings is 1. The van der Waals surface area contributed by atoms with E-state index in [1.54, 1.807) is 30.5 Å². The smallest absolute Gasteiger partial charge is 0.263 e. The third-order valence-electron chi connectivity index (χ3n) is 3.54. The predicted molar refractivity (Wildman–Crippen MR) is 88.2 cm³/mol. The minimum Gasteiger partial charge on any atom is -0.469 e. The zero-order valence-electron chi connectivity index (χ0n) is 13.0. The fourth-order valence-corrected chi connectivity index (χ4v) is 3.76. The number of carbonyl (C=O) groups is 1. The molecule has 2 N–H and O–H groups in total. The molecular weight excluding hydrogens is 330 g/mol. The van der Waals surface area contributed by atoms with Crippen LogP contribution >= 0.6 is 0 Å². The van der Waals surface area contributed by atoms with Crippen molar-refractivity contribution in [1.82, 2.24) is 10.0 Å². The Morgan fingerprint density at radius 1 is 1.29 bits per heavy atom. The molecule has 2 heterocycles. The lowest BCUT2D eigenvalue weighted by atomic mass is 10.2. The summed E-state index contributed by atoms with van der Waals surface area (Å²) in [7, 11) is -3.58. The molecule has 0 radical (unpaired) electrons. The third-order valence-corrected chi connectivity index (χ3v) is 4.94. The number of hydrogen-bond donors (Lipinski definition) is 2. The van der Waals surface area contributed by atoms with Gasteiger partial charge in [-0.3, -0.25) is 14.5 Å². The topological polar surface area (TPSA) is 101 Å². The first-order valence-corrected chi connectivity index (χ1v) is 8.92. The summed E-state index contributed by atoms with van der Waals surface area (Å²) in [5.41, 5.74) is 0.480. The molecule has 0 bridgehead atoms. The molecule has 1 aromatic heterocycles. The van der Waals surface area contributed by atoms with E-state index in [0.29, 0.717) is 12.0 Å². The van der Waals surface area contributed by atoms with Gasteiger partial charge in [-0.1, -0.05) is 12.1 Å². The van der Waals surface area contributed by atoms with Crippen molar-refractivity contribution in [3.8, 4) is 0 Å². The summed E-state index contributed by atoms with van der Waals surface area (Å²) in [6.45, 7) is 1.70. The van der Waals surface area contributed by atoms with E-state index >= 15 is 0 Å². The molecule has 8 heteroatoms. The number of carbonyl (C=O) groups excluding carboxylic acids is 1. The molecular formula is C16H17N3O4S. The van der Waals surface area contributed by atoms with Gasteiger partial charge in [-0.2, -0.15) is 0 Å². The average molecular weight is 347 g/mol. The average Bonchev–Trinajstić information content (AvgIpc) is 3.12. The van der Waals surface area contributed by atoms with Crippen molar-refractivity contribution < 1.29 is 17.6 Å². The van der Waals surface area contributed by atoms with Crippen molar-refractivity contribution >= 4 is 21.8 Å². The van der Waals surface area contributed by atoms with E-state index in [0.717, 1.165) is 5.76 Å². The first kappa shape index (κ1) is 16.3.